The zero-order chi connectivity index (χ0) is 23.1. The Hall–Kier alpha value is -2.44. The quantitative estimate of drug-likeness (QED) is 0.456. The molecule has 0 spiro atoms. The highest BCUT2D eigenvalue weighted by atomic mass is 16.6. The van der Waals surface area contributed by atoms with Crippen LogP contribution in [-0.2, 0) is 9.53 Å². The Morgan fingerprint density at radius 3 is 2.69 bits per heavy atom. The predicted octanol–water partition coefficient (Wildman–Crippen LogP) is 5.76. The van der Waals surface area contributed by atoms with E-state index in [1.165, 1.54) is 38.5 Å². The molecule has 2 aromatic heterocycles. The second-order valence-corrected chi connectivity index (χ2v) is 10.2. The third-order valence-corrected chi connectivity index (χ3v) is 5.98. The number of ether oxygens (including phenoxy) is 1. The molecule has 32 heavy (non-hydrogen) atoms. The fourth-order valence-electron chi connectivity index (χ4n) is 4.35. The Balaban J connectivity index is 1.71. The second kappa shape index (κ2) is 10.9. The van der Waals surface area contributed by atoms with Gasteiger partial charge in [-0.3, -0.25) is 4.79 Å². The van der Waals surface area contributed by atoms with Crippen LogP contribution in [0.5, 0.6) is 0 Å². The standard InChI is InChI=1S/C25H38N4O3/c1-25(2,3)31-22(30)17-20(13-9-12-18-10-7-6-8-11-18)24-27-23(28-32-24)19-14-15-26-21(16-19)29(4)5/h14-16,18,20H,6-13,17H2,1-5H3. The van der Waals surface area contributed by atoms with Crippen molar-refractivity contribution >= 4 is 11.8 Å². The van der Waals surface area contributed by atoms with Crippen LogP contribution in [0.2, 0.25) is 0 Å². The smallest absolute Gasteiger partial charge is 0.307 e. The summed E-state index contributed by atoms with van der Waals surface area (Å²) in [5.74, 6) is 2.31. The zero-order valence-corrected chi connectivity index (χ0v) is 20.3. The van der Waals surface area contributed by atoms with Gasteiger partial charge in [-0.2, -0.15) is 4.98 Å². The zero-order valence-electron chi connectivity index (χ0n) is 20.3. The lowest BCUT2D eigenvalue weighted by atomic mass is 9.84. The molecule has 0 bridgehead atoms. The van der Waals surface area contributed by atoms with E-state index in [1.54, 1.807) is 6.20 Å². The summed E-state index contributed by atoms with van der Waals surface area (Å²) >= 11 is 0. The second-order valence-electron chi connectivity index (χ2n) is 10.2. The molecule has 0 aromatic carbocycles. The van der Waals surface area contributed by atoms with Gasteiger partial charge in [-0.1, -0.05) is 50.1 Å². The van der Waals surface area contributed by atoms with Crippen LogP contribution in [0.25, 0.3) is 11.4 Å². The summed E-state index contributed by atoms with van der Waals surface area (Å²) in [5.41, 5.74) is 0.334. The SMILES string of the molecule is CN(C)c1cc(-c2noc(C(CCCC3CCCCC3)CC(=O)OC(C)(C)C)n2)ccn1. The van der Waals surface area contributed by atoms with Gasteiger partial charge in [-0.05, 0) is 45.2 Å². The number of rotatable bonds is 9. The van der Waals surface area contributed by atoms with E-state index < -0.39 is 5.60 Å². The van der Waals surface area contributed by atoms with Gasteiger partial charge in [-0.25, -0.2) is 4.98 Å². The largest absolute Gasteiger partial charge is 0.460 e. The van der Waals surface area contributed by atoms with E-state index in [0.717, 1.165) is 30.1 Å². The Labute approximate surface area is 191 Å². The average molecular weight is 443 g/mol. The molecule has 1 unspecified atom stereocenters. The maximum Gasteiger partial charge on any atom is 0.307 e. The molecule has 3 rings (SSSR count). The van der Waals surface area contributed by atoms with Crippen LogP contribution in [0.3, 0.4) is 0 Å². The van der Waals surface area contributed by atoms with Crippen LogP contribution in [0.1, 0.15) is 90.4 Å². The van der Waals surface area contributed by atoms with Crippen molar-refractivity contribution in [2.24, 2.45) is 5.92 Å². The lowest BCUT2D eigenvalue weighted by Crippen LogP contribution is -2.25. The molecule has 0 aliphatic heterocycles. The molecule has 1 aliphatic rings. The van der Waals surface area contributed by atoms with Crippen molar-refractivity contribution in [2.75, 3.05) is 19.0 Å². The molecule has 2 aromatic rings. The summed E-state index contributed by atoms with van der Waals surface area (Å²) in [4.78, 5) is 23.5. The Morgan fingerprint density at radius 1 is 1.25 bits per heavy atom. The maximum absolute atomic E-state index is 12.6. The van der Waals surface area contributed by atoms with Crippen LogP contribution < -0.4 is 4.90 Å². The highest BCUT2D eigenvalue weighted by Crippen LogP contribution is 2.32. The van der Waals surface area contributed by atoms with Gasteiger partial charge in [0.25, 0.3) is 0 Å². The Bertz CT molecular complexity index is 866. The molecule has 176 valence electrons. The van der Waals surface area contributed by atoms with Gasteiger partial charge in [0.2, 0.25) is 11.7 Å². The van der Waals surface area contributed by atoms with Crippen molar-refractivity contribution < 1.29 is 14.1 Å². The molecule has 0 saturated heterocycles. The van der Waals surface area contributed by atoms with Crippen LogP contribution in [-0.4, -0.2) is 40.8 Å². The van der Waals surface area contributed by atoms with Crippen LogP contribution >= 0.6 is 0 Å². The van der Waals surface area contributed by atoms with Gasteiger partial charge in [0.1, 0.15) is 11.4 Å². The molecule has 7 nitrogen and oxygen atoms in total. The maximum atomic E-state index is 12.6. The molecule has 1 aliphatic carbocycles. The number of nitrogens with zero attached hydrogens (tertiary/aromatic N) is 4. The fraction of sp³-hybridized carbons (Fsp3) is 0.680. The van der Waals surface area contributed by atoms with E-state index in [4.69, 9.17) is 9.26 Å². The average Bonchev–Trinajstić information content (AvgIpc) is 3.23. The van der Waals surface area contributed by atoms with E-state index in [1.807, 2.05) is 51.9 Å². The molecular weight excluding hydrogens is 404 g/mol. The summed E-state index contributed by atoms with van der Waals surface area (Å²) in [6.45, 7) is 5.67. The summed E-state index contributed by atoms with van der Waals surface area (Å²) in [5, 5.41) is 4.20. The van der Waals surface area contributed by atoms with E-state index in [-0.39, 0.29) is 18.3 Å². The first-order chi connectivity index (χ1) is 15.2. The summed E-state index contributed by atoms with van der Waals surface area (Å²) in [7, 11) is 3.88. The van der Waals surface area contributed by atoms with Crippen molar-refractivity contribution in [1.82, 2.24) is 15.1 Å². The van der Waals surface area contributed by atoms with Crippen LogP contribution in [0, 0.1) is 5.92 Å². The van der Waals surface area contributed by atoms with Gasteiger partial charge in [0.05, 0.1) is 6.42 Å². The number of aromatic nitrogens is 3. The van der Waals surface area contributed by atoms with E-state index in [2.05, 4.69) is 15.1 Å². The molecule has 1 saturated carbocycles. The minimum atomic E-state index is -0.511. The van der Waals surface area contributed by atoms with Gasteiger partial charge in [-0.15, -0.1) is 0 Å². The number of esters is 1. The summed E-state index contributed by atoms with van der Waals surface area (Å²) in [6.07, 6.45) is 11.8. The van der Waals surface area contributed by atoms with E-state index >= 15 is 0 Å². The van der Waals surface area contributed by atoms with Gasteiger partial charge in [0.15, 0.2) is 0 Å². The Morgan fingerprint density at radius 2 is 2.00 bits per heavy atom. The number of hydrogen-bond acceptors (Lipinski definition) is 7. The normalized spacial score (nSPS) is 16.0. The topological polar surface area (TPSA) is 81.4 Å². The summed E-state index contributed by atoms with van der Waals surface area (Å²) < 4.78 is 11.2. The third-order valence-electron chi connectivity index (χ3n) is 5.98. The predicted molar refractivity (Wildman–Crippen MR) is 125 cm³/mol. The minimum absolute atomic E-state index is 0.134. The van der Waals surface area contributed by atoms with Crippen molar-refractivity contribution in [3.63, 3.8) is 0 Å². The molecular formula is C25H38N4O3. The van der Waals surface area contributed by atoms with Crippen molar-refractivity contribution in [2.45, 2.75) is 90.1 Å². The highest BCUT2D eigenvalue weighted by Gasteiger charge is 2.26. The van der Waals surface area contributed by atoms with E-state index in [0.29, 0.717) is 11.7 Å². The minimum Gasteiger partial charge on any atom is -0.460 e. The number of pyridine rings is 1. The van der Waals surface area contributed by atoms with Gasteiger partial charge >= 0.3 is 5.97 Å². The molecule has 1 fully saturated rings. The lowest BCUT2D eigenvalue weighted by molar-refractivity contribution is -0.155. The van der Waals surface area contributed by atoms with Gasteiger partial charge in [0, 0.05) is 31.8 Å². The third kappa shape index (κ3) is 7.31. The summed E-state index contributed by atoms with van der Waals surface area (Å²) in [6, 6.07) is 3.80. The Kier molecular flexibility index (Phi) is 8.26. The molecule has 7 heteroatoms. The first-order valence-corrected chi connectivity index (χ1v) is 11.9. The first-order valence-electron chi connectivity index (χ1n) is 11.9. The molecule has 2 heterocycles. The highest BCUT2D eigenvalue weighted by molar-refractivity contribution is 5.70. The van der Waals surface area contributed by atoms with Crippen molar-refractivity contribution in [3.8, 4) is 11.4 Å². The monoisotopic (exact) mass is 442 g/mol. The number of anilines is 1. The molecule has 0 N–H and O–H groups in total. The van der Waals surface area contributed by atoms with Crippen LogP contribution in [0.15, 0.2) is 22.9 Å². The van der Waals surface area contributed by atoms with Crippen molar-refractivity contribution in [3.05, 3.63) is 24.2 Å². The van der Waals surface area contributed by atoms with Crippen molar-refractivity contribution in [1.29, 1.82) is 0 Å². The molecule has 0 radical (unpaired) electrons. The number of carbonyl (C=O) groups excluding carboxylic acids is 1. The number of hydrogen-bond donors (Lipinski definition) is 0. The fourth-order valence-corrected chi connectivity index (χ4v) is 4.35. The van der Waals surface area contributed by atoms with Crippen LogP contribution in [0.4, 0.5) is 5.82 Å². The van der Waals surface area contributed by atoms with Gasteiger partial charge < -0.3 is 14.2 Å². The lowest BCUT2D eigenvalue weighted by Gasteiger charge is -2.23. The first kappa shape index (κ1) is 24.2. The number of carbonyl (C=O) groups is 1. The molecule has 0 amide bonds. The molecule has 1 atom stereocenters. The van der Waals surface area contributed by atoms with E-state index in [9.17, 15) is 4.79 Å².